The van der Waals surface area contributed by atoms with Crippen molar-refractivity contribution in [3.63, 3.8) is 0 Å². The third kappa shape index (κ3) is 2.96. The molecular weight excluding hydrogens is 292 g/mol. The Hall–Kier alpha value is -1.68. The largest absolute Gasteiger partial charge is 0.337 e. The number of hydrogen-bond acceptors (Lipinski definition) is 2. The number of amides is 1. The second-order valence-corrected chi connectivity index (χ2v) is 4.85. The molecule has 18 heavy (non-hydrogen) atoms. The highest BCUT2D eigenvalue weighted by Crippen LogP contribution is 2.18. The molecule has 1 amide bonds. The summed E-state index contributed by atoms with van der Waals surface area (Å²) in [6.45, 7) is 0.565. The van der Waals surface area contributed by atoms with Gasteiger partial charge in [0.15, 0.2) is 0 Å². The maximum absolute atomic E-state index is 12.1. The molecule has 1 heterocycles. The molecule has 0 saturated carbocycles. The number of carbonyl (C=O) groups excluding carboxylic acids is 1. The molecule has 1 aromatic heterocycles. The first-order chi connectivity index (χ1) is 8.68. The molecule has 0 aliphatic rings. The molecule has 0 saturated heterocycles. The summed E-state index contributed by atoms with van der Waals surface area (Å²) in [5.74, 6) is -0.0288. The molecule has 2 aromatic rings. The minimum absolute atomic E-state index is 0.0288. The molecule has 0 aliphatic carbocycles. The van der Waals surface area contributed by atoms with Crippen molar-refractivity contribution in [3.05, 3.63) is 64.4 Å². The summed E-state index contributed by atoms with van der Waals surface area (Å²) in [6, 6.07) is 11.4. The molecule has 3 nitrogen and oxygen atoms in total. The first-order valence-electron chi connectivity index (χ1n) is 5.57. The van der Waals surface area contributed by atoms with Crippen molar-refractivity contribution < 1.29 is 4.79 Å². The van der Waals surface area contributed by atoms with E-state index >= 15 is 0 Å². The van der Waals surface area contributed by atoms with E-state index in [0.29, 0.717) is 12.1 Å². The maximum Gasteiger partial charge on any atom is 0.255 e. The second kappa shape index (κ2) is 5.78. The van der Waals surface area contributed by atoms with E-state index in [2.05, 4.69) is 20.9 Å². The Labute approximate surface area is 115 Å². The molecule has 0 atom stereocenters. The number of nitrogens with zero attached hydrogens (tertiary/aromatic N) is 2. The summed E-state index contributed by atoms with van der Waals surface area (Å²) in [5, 5.41) is 0. The lowest BCUT2D eigenvalue weighted by Crippen LogP contribution is -2.26. The van der Waals surface area contributed by atoms with E-state index in [1.807, 2.05) is 24.3 Å². The third-order valence-corrected chi connectivity index (χ3v) is 3.39. The van der Waals surface area contributed by atoms with Gasteiger partial charge in [0.2, 0.25) is 0 Å². The predicted molar refractivity (Wildman–Crippen MR) is 74.2 cm³/mol. The number of halogens is 1. The number of rotatable bonds is 3. The normalized spacial score (nSPS) is 10.1. The van der Waals surface area contributed by atoms with Crippen molar-refractivity contribution in [2.24, 2.45) is 0 Å². The van der Waals surface area contributed by atoms with Crippen LogP contribution in [0.25, 0.3) is 0 Å². The van der Waals surface area contributed by atoms with Crippen molar-refractivity contribution in [1.82, 2.24) is 9.88 Å². The van der Waals surface area contributed by atoms with Crippen LogP contribution in [0.3, 0.4) is 0 Å². The highest BCUT2D eigenvalue weighted by molar-refractivity contribution is 9.10. The molecule has 0 N–H and O–H groups in total. The van der Waals surface area contributed by atoms with E-state index in [4.69, 9.17) is 0 Å². The van der Waals surface area contributed by atoms with Gasteiger partial charge in [0, 0.05) is 30.5 Å². The second-order valence-electron chi connectivity index (χ2n) is 3.99. The van der Waals surface area contributed by atoms with Crippen LogP contribution in [0.15, 0.2) is 53.3 Å². The zero-order valence-electron chi connectivity index (χ0n) is 10.0. The first-order valence-corrected chi connectivity index (χ1v) is 6.36. The fourth-order valence-electron chi connectivity index (χ4n) is 1.66. The molecule has 1 aromatic carbocycles. The van der Waals surface area contributed by atoms with Crippen LogP contribution in [0.4, 0.5) is 0 Å². The van der Waals surface area contributed by atoms with Crippen LogP contribution in [-0.2, 0) is 6.54 Å². The van der Waals surface area contributed by atoms with Crippen LogP contribution in [0, 0.1) is 0 Å². The lowest BCUT2D eigenvalue weighted by molar-refractivity contribution is 0.0784. The van der Waals surface area contributed by atoms with Crippen molar-refractivity contribution in [2.45, 2.75) is 6.54 Å². The number of benzene rings is 1. The first kappa shape index (κ1) is 12.8. The van der Waals surface area contributed by atoms with Crippen molar-refractivity contribution in [3.8, 4) is 0 Å². The maximum atomic E-state index is 12.1. The van der Waals surface area contributed by atoms with E-state index in [9.17, 15) is 4.79 Å². The molecule has 92 valence electrons. The zero-order valence-corrected chi connectivity index (χ0v) is 11.6. The van der Waals surface area contributed by atoms with Crippen LogP contribution < -0.4 is 0 Å². The average Bonchev–Trinajstić information content (AvgIpc) is 2.41. The SMILES string of the molecule is CN(Cc1ccccc1Br)C(=O)c1cccnc1. The molecule has 0 radical (unpaired) electrons. The minimum atomic E-state index is -0.0288. The van der Waals surface area contributed by atoms with Crippen molar-refractivity contribution >= 4 is 21.8 Å². The minimum Gasteiger partial charge on any atom is -0.337 e. The summed E-state index contributed by atoms with van der Waals surface area (Å²) in [4.78, 5) is 17.8. The van der Waals surface area contributed by atoms with E-state index in [1.165, 1.54) is 0 Å². The summed E-state index contributed by atoms with van der Waals surface area (Å²) in [7, 11) is 1.79. The van der Waals surface area contributed by atoms with Gasteiger partial charge in [-0.2, -0.15) is 0 Å². The summed E-state index contributed by atoms with van der Waals surface area (Å²) >= 11 is 3.48. The van der Waals surface area contributed by atoms with Gasteiger partial charge in [-0.1, -0.05) is 34.1 Å². The van der Waals surface area contributed by atoms with Crippen molar-refractivity contribution in [2.75, 3.05) is 7.05 Å². The highest BCUT2D eigenvalue weighted by Gasteiger charge is 2.12. The zero-order chi connectivity index (χ0) is 13.0. The number of hydrogen-bond donors (Lipinski definition) is 0. The quantitative estimate of drug-likeness (QED) is 0.873. The summed E-state index contributed by atoms with van der Waals surface area (Å²) in [6.07, 6.45) is 3.24. The molecule has 0 fully saturated rings. The van der Waals surface area contributed by atoms with Crippen LogP contribution in [0.5, 0.6) is 0 Å². The Bertz CT molecular complexity index is 543. The molecule has 2 rings (SSSR count). The molecular formula is C14H13BrN2O. The van der Waals surface area contributed by atoms with E-state index in [0.717, 1.165) is 10.0 Å². The summed E-state index contributed by atoms with van der Waals surface area (Å²) < 4.78 is 1.01. The van der Waals surface area contributed by atoms with Gasteiger partial charge in [0.1, 0.15) is 0 Å². The van der Waals surface area contributed by atoms with Gasteiger partial charge in [0.25, 0.3) is 5.91 Å². The fourth-order valence-corrected chi connectivity index (χ4v) is 2.07. The number of aromatic nitrogens is 1. The third-order valence-electron chi connectivity index (χ3n) is 2.62. The Morgan fingerprint density at radius 2 is 2.06 bits per heavy atom. The number of carbonyl (C=O) groups is 1. The van der Waals surface area contributed by atoms with Gasteiger partial charge in [-0.25, -0.2) is 0 Å². The lowest BCUT2D eigenvalue weighted by atomic mass is 10.2. The predicted octanol–water partition coefficient (Wildman–Crippen LogP) is 3.12. The Morgan fingerprint density at radius 1 is 1.28 bits per heavy atom. The van der Waals surface area contributed by atoms with E-state index in [1.54, 1.807) is 36.5 Å². The van der Waals surface area contributed by atoms with Gasteiger partial charge in [-0.05, 0) is 23.8 Å². The van der Waals surface area contributed by atoms with E-state index in [-0.39, 0.29) is 5.91 Å². The topological polar surface area (TPSA) is 33.2 Å². The number of pyridine rings is 1. The van der Waals surface area contributed by atoms with Crippen LogP contribution in [-0.4, -0.2) is 22.8 Å². The Kier molecular flexibility index (Phi) is 4.10. The van der Waals surface area contributed by atoms with Gasteiger partial charge >= 0.3 is 0 Å². The van der Waals surface area contributed by atoms with Crippen LogP contribution in [0.1, 0.15) is 15.9 Å². The van der Waals surface area contributed by atoms with Gasteiger partial charge < -0.3 is 4.90 Å². The molecule has 0 unspecified atom stereocenters. The monoisotopic (exact) mass is 304 g/mol. The lowest BCUT2D eigenvalue weighted by Gasteiger charge is -2.17. The highest BCUT2D eigenvalue weighted by atomic mass is 79.9. The standard InChI is InChI=1S/C14H13BrN2O/c1-17(10-12-5-2-3-7-13(12)15)14(18)11-6-4-8-16-9-11/h2-9H,10H2,1H3. The average molecular weight is 305 g/mol. The van der Waals surface area contributed by atoms with E-state index < -0.39 is 0 Å². The molecule has 0 aliphatic heterocycles. The molecule has 0 bridgehead atoms. The van der Waals surface area contributed by atoms with Gasteiger partial charge in [0.05, 0.1) is 5.56 Å². The van der Waals surface area contributed by atoms with Crippen LogP contribution >= 0.6 is 15.9 Å². The molecule has 0 spiro atoms. The van der Waals surface area contributed by atoms with Crippen molar-refractivity contribution in [1.29, 1.82) is 0 Å². The smallest absolute Gasteiger partial charge is 0.255 e. The Morgan fingerprint density at radius 3 is 2.72 bits per heavy atom. The summed E-state index contributed by atoms with van der Waals surface area (Å²) in [5.41, 5.74) is 1.68. The van der Waals surface area contributed by atoms with Crippen LogP contribution in [0.2, 0.25) is 0 Å². The molecule has 4 heteroatoms. The van der Waals surface area contributed by atoms with Gasteiger partial charge in [-0.15, -0.1) is 0 Å². The van der Waals surface area contributed by atoms with Gasteiger partial charge in [-0.3, -0.25) is 9.78 Å². The Balaban J connectivity index is 2.11. The fraction of sp³-hybridized carbons (Fsp3) is 0.143.